The second kappa shape index (κ2) is 6.30. The Hall–Kier alpha value is -1.83. The highest BCUT2D eigenvalue weighted by molar-refractivity contribution is 7.91. The molecule has 7 nitrogen and oxygen atoms in total. The predicted octanol–water partition coefficient (Wildman–Crippen LogP) is 0.419. The number of aromatic nitrogens is 1. The highest BCUT2D eigenvalue weighted by atomic mass is 32.2. The second-order valence-electron chi connectivity index (χ2n) is 5.00. The lowest BCUT2D eigenvalue weighted by Gasteiger charge is -2.23. The van der Waals surface area contributed by atoms with Crippen LogP contribution in [0.1, 0.15) is 12.0 Å². The van der Waals surface area contributed by atoms with Gasteiger partial charge in [0.25, 0.3) is 0 Å². The molecule has 0 radical (unpaired) electrons. The number of carbonyl (C=O) groups excluding carboxylic acids is 1. The van der Waals surface area contributed by atoms with Crippen molar-refractivity contribution in [2.75, 3.05) is 25.7 Å². The van der Waals surface area contributed by atoms with E-state index in [1.54, 1.807) is 19.3 Å². The minimum absolute atomic E-state index is 0.0349. The summed E-state index contributed by atoms with van der Waals surface area (Å²) in [6, 6.07) is 3.01. The van der Waals surface area contributed by atoms with Crippen molar-refractivity contribution >= 4 is 15.9 Å². The van der Waals surface area contributed by atoms with Gasteiger partial charge in [-0.25, -0.2) is 18.2 Å². The lowest BCUT2D eigenvalue weighted by Crippen LogP contribution is -2.43. The van der Waals surface area contributed by atoms with Crippen molar-refractivity contribution in [2.24, 2.45) is 0 Å². The highest BCUT2D eigenvalue weighted by Gasteiger charge is 2.32. The van der Waals surface area contributed by atoms with Crippen molar-refractivity contribution in [1.29, 1.82) is 0 Å². The fourth-order valence-corrected chi connectivity index (χ4v) is 4.06. The monoisotopic (exact) mass is 313 g/mol. The zero-order chi connectivity index (χ0) is 15.5. The zero-order valence-electron chi connectivity index (χ0n) is 12.1. The van der Waals surface area contributed by atoms with E-state index in [9.17, 15) is 13.2 Å². The van der Waals surface area contributed by atoms with E-state index < -0.39 is 9.84 Å². The molecule has 0 unspecified atom stereocenters. The Bertz CT molecular complexity index is 618. The Morgan fingerprint density at radius 3 is 2.95 bits per heavy atom. The van der Waals surface area contributed by atoms with Crippen LogP contribution >= 0.6 is 0 Å². The van der Waals surface area contributed by atoms with E-state index in [0.717, 1.165) is 5.56 Å². The van der Waals surface area contributed by atoms with Crippen LogP contribution in [0.5, 0.6) is 5.88 Å². The standard InChI is InChI=1S/C13H19N3O4S/c1-16(11-5-7-21(18,19)9-11)13(17)15-8-10-4-3-6-14-12(10)20-2/h3-4,6,11H,5,7-9H2,1-2H3,(H,15,17)/t11-/m0/s1. The van der Waals surface area contributed by atoms with Gasteiger partial charge in [0.05, 0.1) is 18.6 Å². The molecule has 2 amide bonds. The van der Waals surface area contributed by atoms with Gasteiger partial charge in [-0.15, -0.1) is 0 Å². The van der Waals surface area contributed by atoms with Crippen LogP contribution in [0, 0.1) is 0 Å². The molecule has 0 aromatic carbocycles. The summed E-state index contributed by atoms with van der Waals surface area (Å²) >= 11 is 0. The van der Waals surface area contributed by atoms with Crippen LogP contribution in [-0.2, 0) is 16.4 Å². The number of nitrogens with zero attached hydrogens (tertiary/aromatic N) is 2. The van der Waals surface area contributed by atoms with Crippen molar-refractivity contribution in [1.82, 2.24) is 15.2 Å². The molecule has 1 saturated heterocycles. The number of hydrogen-bond acceptors (Lipinski definition) is 5. The first-order chi connectivity index (χ1) is 9.93. The maximum Gasteiger partial charge on any atom is 0.317 e. The Morgan fingerprint density at radius 1 is 1.57 bits per heavy atom. The number of carbonyl (C=O) groups is 1. The first-order valence-corrected chi connectivity index (χ1v) is 8.44. The van der Waals surface area contributed by atoms with Gasteiger partial charge in [-0.2, -0.15) is 0 Å². The molecule has 1 atom stereocenters. The van der Waals surface area contributed by atoms with Crippen molar-refractivity contribution in [3.05, 3.63) is 23.9 Å². The summed E-state index contributed by atoms with van der Waals surface area (Å²) in [5.74, 6) is 0.641. The van der Waals surface area contributed by atoms with Gasteiger partial charge in [0.15, 0.2) is 9.84 Å². The van der Waals surface area contributed by atoms with Gasteiger partial charge in [-0.3, -0.25) is 0 Å². The summed E-state index contributed by atoms with van der Waals surface area (Å²) in [5, 5.41) is 2.75. The maximum absolute atomic E-state index is 12.1. The van der Waals surface area contributed by atoms with Crippen LogP contribution in [0.4, 0.5) is 4.79 Å². The van der Waals surface area contributed by atoms with Crippen LogP contribution < -0.4 is 10.1 Å². The van der Waals surface area contributed by atoms with Gasteiger partial charge in [-0.1, -0.05) is 6.07 Å². The molecule has 1 aromatic rings. The third-order valence-electron chi connectivity index (χ3n) is 3.55. The number of pyridine rings is 1. The lowest BCUT2D eigenvalue weighted by molar-refractivity contribution is 0.194. The van der Waals surface area contributed by atoms with Gasteiger partial charge in [-0.05, 0) is 12.5 Å². The third kappa shape index (κ3) is 3.84. The highest BCUT2D eigenvalue weighted by Crippen LogP contribution is 2.17. The summed E-state index contributed by atoms with van der Waals surface area (Å²) in [6.45, 7) is 0.277. The average Bonchev–Trinajstić information content (AvgIpc) is 2.84. The van der Waals surface area contributed by atoms with Gasteiger partial charge in [0.2, 0.25) is 5.88 Å². The molecule has 116 valence electrons. The summed E-state index contributed by atoms with van der Waals surface area (Å²) < 4.78 is 28.0. The number of amides is 2. The molecule has 8 heteroatoms. The van der Waals surface area contributed by atoms with Crippen LogP contribution in [0.25, 0.3) is 0 Å². The molecule has 1 N–H and O–H groups in total. The molecule has 2 heterocycles. The molecule has 0 spiro atoms. The summed E-state index contributed by atoms with van der Waals surface area (Å²) in [7, 11) is 0.126. The number of ether oxygens (including phenoxy) is 1. The van der Waals surface area contributed by atoms with Crippen LogP contribution in [0.15, 0.2) is 18.3 Å². The molecule has 1 fully saturated rings. The van der Waals surface area contributed by atoms with Gasteiger partial charge >= 0.3 is 6.03 Å². The second-order valence-corrected chi connectivity index (χ2v) is 7.23. The SMILES string of the molecule is COc1ncccc1CNC(=O)N(C)[C@H]1CCS(=O)(=O)C1. The Morgan fingerprint density at radius 2 is 2.33 bits per heavy atom. The molecule has 0 bridgehead atoms. The summed E-state index contributed by atoms with van der Waals surface area (Å²) in [4.78, 5) is 17.6. The van der Waals surface area contributed by atoms with E-state index in [1.807, 2.05) is 6.07 Å². The normalized spacial score (nSPS) is 20.0. The molecular formula is C13H19N3O4S. The summed E-state index contributed by atoms with van der Waals surface area (Å²) in [6.07, 6.45) is 2.10. The molecule has 1 aromatic heterocycles. The quantitative estimate of drug-likeness (QED) is 0.870. The van der Waals surface area contributed by atoms with Gasteiger partial charge < -0.3 is 15.0 Å². The van der Waals surface area contributed by atoms with Crippen molar-refractivity contribution in [3.8, 4) is 5.88 Å². The van der Waals surface area contributed by atoms with Crippen LogP contribution in [0.2, 0.25) is 0 Å². The van der Waals surface area contributed by atoms with Crippen molar-refractivity contribution in [3.63, 3.8) is 0 Å². The van der Waals surface area contributed by atoms with Crippen molar-refractivity contribution in [2.45, 2.75) is 19.0 Å². The van der Waals surface area contributed by atoms with E-state index in [2.05, 4.69) is 10.3 Å². The van der Waals surface area contributed by atoms with E-state index in [1.165, 1.54) is 12.0 Å². The number of urea groups is 1. The Labute approximate surface area is 124 Å². The molecule has 21 heavy (non-hydrogen) atoms. The molecule has 0 saturated carbocycles. The molecular weight excluding hydrogens is 294 g/mol. The third-order valence-corrected chi connectivity index (χ3v) is 5.30. The molecule has 0 aliphatic carbocycles. The predicted molar refractivity (Wildman–Crippen MR) is 77.8 cm³/mol. The zero-order valence-corrected chi connectivity index (χ0v) is 12.9. The average molecular weight is 313 g/mol. The van der Waals surface area contributed by atoms with E-state index in [-0.39, 0.29) is 30.1 Å². The number of hydrogen-bond donors (Lipinski definition) is 1. The fraction of sp³-hybridized carbons (Fsp3) is 0.538. The smallest absolute Gasteiger partial charge is 0.317 e. The number of sulfone groups is 1. The van der Waals surface area contributed by atoms with Crippen LogP contribution in [0.3, 0.4) is 0 Å². The Balaban J connectivity index is 1.93. The lowest BCUT2D eigenvalue weighted by atomic mass is 10.2. The largest absolute Gasteiger partial charge is 0.481 e. The maximum atomic E-state index is 12.1. The van der Waals surface area contributed by atoms with Gasteiger partial charge in [0, 0.05) is 31.4 Å². The van der Waals surface area contributed by atoms with Crippen LogP contribution in [-0.4, -0.2) is 56.0 Å². The van der Waals surface area contributed by atoms with E-state index in [0.29, 0.717) is 12.3 Å². The first kappa shape index (κ1) is 15.6. The minimum atomic E-state index is -3.00. The first-order valence-electron chi connectivity index (χ1n) is 6.62. The van der Waals surface area contributed by atoms with E-state index in [4.69, 9.17) is 4.74 Å². The molecule has 1 aliphatic rings. The topological polar surface area (TPSA) is 88.6 Å². The Kier molecular flexibility index (Phi) is 4.66. The number of nitrogens with one attached hydrogen (secondary N) is 1. The van der Waals surface area contributed by atoms with Crippen molar-refractivity contribution < 1.29 is 17.9 Å². The van der Waals surface area contributed by atoms with E-state index >= 15 is 0 Å². The minimum Gasteiger partial charge on any atom is -0.481 e. The molecule has 2 rings (SSSR count). The number of methoxy groups -OCH3 is 1. The van der Waals surface area contributed by atoms with Gasteiger partial charge in [0.1, 0.15) is 0 Å². The number of rotatable bonds is 4. The molecule has 1 aliphatic heterocycles. The fourth-order valence-electron chi connectivity index (χ4n) is 2.28. The summed E-state index contributed by atoms with van der Waals surface area (Å²) in [5.41, 5.74) is 0.765.